The standard InChI is InChI=1S/C50H47N3O/c1-30-27-41-42(50(7,8)26-25-49(41,5)6)29-39(30)36-22-23-38(35-14-10-9-13-34(35)36)47-52-45(31-17-20-33(21-18-31)48(2,3)4)51-46(53-47)32-19-24-44-40(28-32)37-15-11-12-16-43(37)54-44/h9-24,27-29H,25-26H2,1-8H3. The molecule has 1 aliphatic rings. The third kappa shape index (κ3) is 5.71. The van der Waals surface area contributed by atoms with E-state index >= 15 is 0 Å². The number of aryl methyl sites for hydroxylation is 1. The minimum absolute atomic E-state index is 0.0414. The van der Waals surface area contributed by atoms with Crippen molar-refractivity contribution in [3.63, 3.8) is 0 Å². The molecule has 268 valence electrons. The quantitative estimate of drug-likeness (QED) is 0.183. The molecule has 0 bridgehead atoms. The van der Waals surface area contributed by atoms with Gasteiger partial charge in [0.25, 0.3) is 0 Å². The minimum atomic E-state index is 0.0414. The van der Waals surface area contributed by atoms with Gasteiger partial charge in [0.05, 0.1) is 0 Å². The van der Waals surface area contributed by atoms with Crippen molar-refractivity contribution < 1.29 is 4.42 Å². The molecular weight excluding hydrogens is 659 g/mol. The van der Waals surface area contributed by atoms with E-state index in [0.29, 0.717) is 17.5 Å². The number of para-hydroxylation sites is 1. The summed E-state index contributed by atoms with van der Waals surface area (Å²) >= 11 is 0. The van der Waals surface area contributed by atoms with Gasteiger partial charge in [0.1, 0.15) is 11.2 Å². The molecule has 0 unspecified atom stereocenters. The van der Waals surface area contributed by atoms with Gasteiger partial charge in [-0.15, -0.1) is 0 Å². The number of nitrogens with zero attached hydrogens (tertiary/aromatic N) is 3. The monoisotopic (exact) mass is 705 g/mol. The van der Waals surface area contributed by atoms with Crippen molar-refractivity contribution in [3.05, 3.63) is 138 Å². The van der Waals surface area contributed by atoms with E-state index in [-0.39, 0.29) is 16.2 Å². The Morgan fingerprint density at radius 3 is 1.72 bits per heavy atom. The van der Waals surface area contributed by atoms with Crippen LogP contribution < -0.4 is 0 Å². The fraction of sp³-hybridized carbons (Fsp3) is 0.260. The summed E-state index contributed by atoms with van der Waals surface area (Å²) in [5.74, 6) is 1.93. The molecule has 4 heteroatoms. The summed E-state index contributed by atoms with van der Waals surface area (Å²) in [6.45, 7) is 18.6. The number of rotatable bonds is 4. The fourth-order valence-electron chi connectivity index (χ4n) is 8.48. The van der Waals surface area contributed by atoms with Crippen molar-refractivity contribution in [1.29, 1.82) is 0 Å². The van der Waals surface area contributed by atoms with Gasteiger partial charge < -0.3 is 4.42 Å². The van der Waals surface area contributed by atoms with Crippen molar-refractivity contribution in [2.45, 2.75) is 84.5 Å². The second-order valence-electron chi connectivity index (χ2n) is 17.6. The van der Waals surface area contributed by atoms with Crippen LogP contribution in [0.15, 0.2) is 120 Å². The van der Waals surface area contributed by atoms with Gasteiger partial charge in [-0.25, -0.2) is 15.0 Å². The van der Waals surface area contributed by atoms with Gasteiger partial charge in [0.2, 0.25) is 0 Å². The molecule has 4 nitrogen and oxygen atoms in total. The van der Waals surface area contributed by atoms with Crippen LogP contribution in [0.1, 0.15) is 83.6 Å². The van der Waals surface area contributed by atoms with Gasteiger partial charge in [-0.05, 0) is 110 Å². The molecular formula is C50H47N3O. The lowest BCUT2D eigenvalue weighted by atomic mass is 9.62. The van der Waals surface area contributed by atoms with Crippen molar-refractivity contribution in [1.82, 2.24) is 15.0 Å². The maximum Gasteiger partial charge on any atom is 0.164 e. The first-order chi connectivity index (χ1) is 25.8. The van der Waals surface area contributed by atoms with Crippen LogP contribution in [0.3, 0.4) is 0 Å². The van der Waals surface area contributed by atoms with Gasteiger partial charge in [-0.3, -0.25) is 0 Å². The zero-order valence-corrected chi connectivity index (χ0v) is 32.6. The predicted molar refractivity (Wildman–Crippen MR) is 225 cm³/mol. The predicted octanol–water partition coefficient (Wildman–Crippen LogP) is 13.5. The Labute approximate surface area is 318 Å². The average molecular weight is 706 g/mol. The second kappa shape index (κ2) is 12.2. The SMILES string of the molecule is Cc1cc2c(cc1-c1ccc(-c3nc(-c4ccc(C(C)(C)C)cc4)nc(-c4ccc5oc6ccccc6c5c4)n3)c3ccccc13)C(C)(C)CCC2(C)C. The Morgan fingerprint density at radius 2 is 1.04 bits per heavy atom. The Morgan fingerprint density at radius 1 is 0.500 bits per heavy atom. The summed E-state index contributed by atoms with van der Waals surface area (Å²) in [5.41, 5.74) is 13.0. The number of hydrogen-bond acceptors (Lipinski definition) is 4. The van der Waals surface area contributed by atoms with Crippen LogP contribution in [0.25, 0.3) is 78.0 Å². The first kappa shape index (κ1) is 34.2. The van der Waals surface area contributed by atoms with Crippen molar-refractivity contribution in [3.8, 4) is 45.3 Å². The molecule has 0 spiro atoms. The van der Waals surface area contributed by atoms with Gasteiger partial charge in [0.15, 0.2) is 17.5 Å². The highest BCUT2D eigenvalue weighted by Crippen LogP contribution is 2.48. The Hall–Kier alpha value is -5.61. The van der Waals surface area contributed by atoms with E-state index in [1.807, 2.05) is 24.3 Å². The normalized spacial score (nSPS) is 15.2. The van der Waals surface area contributed by atoms with Crippen molar-refractivity contribution in [2.24, 2.45) is 0 Å². The fourth-order valence-corrected chi connectivity index (χ4v) is 8.48. The van der Waals surface area contributed by atoms with E-state index < -0.39 is 0 Å². The summed E-state index contributed by atoms with van der Waals surface area (Å²) in [7, 11) is 0. The molecule has 54 heavy (non-hydrogen) atoms. The maximum atomic E-state index is 6.17. The maximum absolute atomic E-state index is 6.17. The number of benzene rings is 6. The number of furan rings is 1. The highest BCUT2D eigenvalue weighted by atomic mass is 16.3. The Bertz CT molecular complexity index is 2760. The molecule has 0 aliphatic heterocycles. The molecule has 2 heterocycles. The molecule has 0 radical (unpaired) electrons. The van der Waals surface area contributed by atoms with E-state index in [4.69, 9.17) is 19.4 Å². The Balaban J connectivity index is 1.24. The highest BCUT2D eigenvalue weighted by Gasteiger charge is 2.37. The smallest absolute Gasteiger partial charge is 0.164 e. The lowest BCUT2D eigenvalue weighted by Crippen LogP contribution is -2.34. The summed E-state index contributed by atoms with van der Waals surface area (Å²) in [5, 5.41) is 4.43. The van der Waals surface area contributed by atoms with E-state index in [1.165, 1.54) is 51.6 Å². The molecule has 2 aromatic heterocycles. The molecule has 0 saturated heterocycles. The second-order valence-corrected chi connectivity index (χ2v) is 17.6. The number of aromatic nitrogens is 3. The van der Waals surface area contributed by atoms with Crippen LogP contribution >= 0.6 is 0 Å². The average Bonchev–Trinajstić information content (AvgIpc) is 3.54. The van der Waals surface area contributed by atoms with Crippen LogP contribution in [-0.4, -0.2) is 15.0 Å². The van der Waals surface area contributed by atoms with Crippen LogP contribution in [0.5, 0.6) is 0 Å². The zero-order chi connectivity index (χ0) is 37.6. The summed E-state index contributed by atoms with van der Waals surface area (Å²) in [6, 6.07) is 41.2. The molecule has 0 fully saturated rings. The van der Waals surface area contributed by atoms with E-state index in [1.54, 1.807) is 0 Å². The number of hydrogen-bond donors (Lipinski definition) is 0. The van der Waals surface area contributed by atoms with Crippen molar-refractivity contribution >= 4 is 32.7 Å². The van der Waals surface area contributed by atoms with Gasteiger partial charge in [0, 0.05) is 27.5 Å². The van der Waals surface area contributed by atoms with Crippen molar-refractivity contribution in [2.75, 3.05) is 0 Å². The van der Waals surface area contributed by atoms with Gasteiger partial charge in [-0.2, -0.15) is 0 Å². The Kier molecular flexibility index (Phi) is 7.73. The third-order valence-corrected chi connectivity index (χ3v) is 11.9. The summed E-state index contributed by atoms with van der Waals surface area (Å²) in [6.07, 6.45) is 2.38. The highest BCUT2D eigenvalue weighted by molar-refractivity contribution is 6.07. The van der Waals surface area contributed by atoms with E-state index in [0.717, 1.165) is 44.0 Å². The topological polar surface area (TPSA) is 51.8 Å². The zero-order valence-electron chi connectivity index (χ0n) is 32.6. The van der Waals surface area contributed by atoms with Crippen LogP contribution in [0.2, 0.25) is 0 Å². The third-order valence-electron chi connectivity index (χ3n) is 11.9. The minimum Gasteiger partial charge on any atom is -0.456 e. The van der Waals surface area contributed by atoms with Crippen LogP contribution in [0, 0.1) is 6.92 Å². The van der Waals surface area contributed by atoms with E-state index in [9.17, 15) is 0 Å². The lowest BCUT2D eigenvalue weighted by molar-refractivity contribution is 0.332. The first-order valence-corrected chi connectivity index (χ1v) is 19.2. The number of fused-ring (bicyclic) bond motifs is 5. The molecule has 0 N–H and O–H groups in total. The van der Waals surface area contributed by atoms with E-state index in [2.05, 4.69) is 146 Å². The molecule has 0 atom stereocenters. The molecule has 0 saturated carbocycles. The van der Waals surface area contributed by atoms with Crippen LogP contribution in [-0.2, 0) is 16.2 Å². The largest absolute Gasteiger partial charge is 0.456 e. The summed E-state index contributed by atoms with van der Waals surface area (Å²) < 4.78 is 6.17. The van der Waals surface area contributed by atoms with Crippen LogP contribution in [0.4, 0.5) is 0 Å². The van der Waals surface area contributed by atoms with Gasteiger partial charge in [-0.1, -0.05) is 133 Å². The molecule has 1 aliphatic carbocycles. The first-order valence-electron chi connectivity index (χ1n) is 19.2. The van der Waals surface area contributed by atoms with Gasteiger partial charge >= 0.3 is 0 Å². The molecule has 0 amide bonds. The molecule has 9 rings (SSSR count). The molecule has 6 aromatic carbocycles. The molecule has 8 aromatic rings. The lowest BCUT2D eigenvalue weighted by Gasteiger charge is -2.42. The summed E-state index contributed by atoms with van der Waals surface area (Å²) in [4.78, 5) is 15.6.